The third kappa shape index (κ3) is 4.69. The van der Waals surface area contributed by atoms with Gasteiger partial charge in [0.1, 0.15) is 0 Å². The molecule has 3 N–H and O–H groups in total. The van der Waals surface area contributed by atoms with E-state index in [1.165, 1.54) is 11.3 Å². The molecule has 1 atom stereocenters. The summed E-state index contributed by atoms with van der Waals surface area (Å²) in [6.07, 6.45) is 0.00724. The van der Waals surface area contributed by atoms with E-state index in [1.807, 2.05) is 37.3 Å². The van der Waals surface area contributed by atoms with Crippen molar-refractivity contribution in [1.29, 1.82) is 0 Å². The first-order valence-corrected chi connectivity index (χ1v) is 9.58. The van der Waals surface area contributed by atoms with E-state index in [0.29, 0.717) is 30.1 Å². The highest BCUT2D eigenvalue weighted by Crippen LogP contribution is 2.28. The standard InChI is InChI=1S/C19H23N3O3S/c1-2-21-19(24)17-7-6-16(26-17)13-4-3-5-14(10-13)18(23)22-12-15-11-20-8-9-25-15/h3-7,10,15,20H,2,8-9,11-12H2,1H3,(H,21,24)(H,22,23). The Kier molecular flexibility index (Phi) is 6.38. The summed E-state index contributed by atoms with van der Waals surface area (Å²) in [6, 6.07) is 11.2. The van der Waals surface area contributed by atoms with E-state index >= 15 is 0 Å². The lowest BCUT2D eigenvalue weighted by Crippen LogP contribution is -2.45. The van der Waals surface area contributed by atoms with Gasteiger partial charge in [0.25, 0.3) is 11.8 Å². The number of carbonyl (C=O) groups is 2. The molecule has 1 unspecified atom stereocenters. The Labute approximate surface area is 156 Å². The third-order valence-electron chi connectivity index (χ3n) is 4.07. The lowest BCUT2D eigenvalue weighted by atomic mass is 10.1. The summed E-state index contributed by atoms with van der Waals surface area (Å²) in [5.41, 5.74) is 1.52. The van der Waals surface area contributed by atoms with Gasteiger partial charge in [0, 0.05) is 36.6 Å². The summed E-state index contributed by atoms with van der Waals surface area (Å²) < 4.78 is 5.59. The average Bonchev–Trinajstić information content (AvgIpc) is 3.18. The molecule has 26 heavy (non-hydrogen) atoms. The zero-order chi connectivity index (χ0) is 18.4. The molecule has 2 amide bonds. The number of hydrogen-bond acceptors (Lipinski definition) is 5. The largest absolute Gasteiger partial charge is 0.374 e. The van der Waals surface area contributed by atoms with E-state index in [-0.39, 0.29) is 17.9 Å². The van der Waals surface area contributed by atoms with Crippen LogP contribution >= 0.6 is 11.3 Å². The molecule has 0 radical (unpaired) electrons. The van der Waals surface area contributed by atoms with E-state index in [1.54, 1.807) is 6.07 Å². The molecule has 0 saturated carbocycles. The Hall–Kier alpha value is -2.22. The molecule has 1 saturated heterocycles. The van der Waals surface area contributed by atoms with Gasteiger partial charge in [-0.05, 0) is 36.8 Å². The van der Waals surface area contributed by atoms with Crippen molar-refractivity contribution in [3.05, 3.63) is 46.8 Å². The van der Waals surface area contributed by atoms with Gasteiger partial charge in [-0.25, -0.2) is 0 Å². The van der Waals surface area contributed by atoms with Crippen LogP contribution in [0.1, 0.15) is 27.0 Å². The smallest absolute Gasteiger partial charge is 0.261 e. The van der Waals surface area contributed by atoms with E-state index in [4.69, 9.17) is 4.74 Å². The predicted octanol–water partition coefficient (Wildman–Crippen LogP) is 1.88. The second kappa shape index (κ2) is 8.93. The van der Waals surface area contributed by atoms with Gasteiger partial charge < -0.3 is 20.7 Å². The van der Waals surface area contributed by atoms with Gasteiger partial charge in [-0.1, -0.05) is 12.1 Å². The third-order valence-corrected chi connectivity index (χ3v) is 5.20. The number of hydrogen-bond donors (Lipinski definition) is 3. The molecule has 2 aromatic rings. The molecule has 1 aliphatic heterocycles. The molecule has 6 nitrogen and oxygen atoms in total. The monoisotopic (exact) mass is 373 g/mol. The van der Waals surface area contributed by atoms with E-state index < -0.39 is 0 Å². The van der Waals surface area contributed by atoms with Gasteiger partial charge in [0.2, 0.25) is 0 Å². The van der Waals surface area contributed by atoms with Gasteiger partial charge >= 0.3 is 0 Å². The van der Waals surface area contributed by atoms with Crippen LogP contribution in [-0.2, 0) is 4.74 Å². The molecule has 1 fully saturated rings. The number of amides is 2. The highest BCUT2D eigenvalue weighted by molar-refractivity contribution is 7.17. The zero-order valence-electron chi connectivity index (χ0n) is 14.7. The predicted molar refractivity (Wildman–Crippen MR) is 103 cm³/mol. The molecule has 1 aromatic heterocycles. The fourth-order valence-corrected chi connectivity index (χ4v) is 3.65. The van der Waals surface area contributed by atoms with Gasteiger partial charge in [-0.2, -0.15) is 0 Å². The second-order valence-corrected chi connectivity index (χ2v) is 7.09. The molecule has 0 bridgehead atoms. The molecular formula is C19H23N3O3S. The van der Waals surface area contributed by atoms with Gasteiger partial charge in [0.15, 0.2) is 0 Å². The van der Waals surface area contributed by atoms with Crippen LogP contribution in [0.15, 0.2) is 36.4 Å². The van der Waals surface area contributed by atoms with Crippen molar-refractivity contribution in [3.8, 4) is 10.4 Å². The first kappa shape index (κ1) is 18.6. The molecule has 3 rings (SSSR count). The number of rotatable bonds is 6. The average molecular weight is 373 g/mol. The number of carbonyl (C=O) groups excluding carboxylic acids is 2. The normalized spacial score (nSPS) is 16.9. The van der Waals surface area contributed by atoms with Gasteiger partial charge in [-0.15, -0.1) is 11.3 Å². The molecule has 0 spiro atoms. The fraction of sp³-hybridized carbons (Fsp3) is 0.368. The van der Waals surface area contributed by atoms with Crippen LogP contribution in [0.2, 0.25) is 0 Å². The zero-order valence-corrected chi connectivity index (χ0v) is 15.5. The number of ether oxygens (including phenoxy) is 1. The lowest BCUT2D eigenvalue weighted by Gasteiger charge is -2.23. The van der Waals surface area contributed by atoms with Crippen LogP contribution in [0.5, 0.6) is 0 Å². The minimum Gasteiger partial charge on any atom is -0.374 e. The number of benzene rings is 1. The Bertz CT molecular complexity index is 769. The Morgan fingerprint density at radius 1 is 1.23 bits per heavy atom. The van der Waals surface area contributed by atoms with E-state index in [0.717, 1.165) is 23.5 Å². The molecule has 2 heterocycles. The molecule has 1 aliphatic rings. The number of nitrogens with one attached hydrogen (secondary N) is 3. The summed E-state index contributed by atoms with van der Waals surface area (Å²) in [4.78, 5) is 26.0. The maximum absolute atomic E-state index is 12.4. The van der Waals surface area contributed by atoms with Gasteiger partial charge in [0.05, 0.1) is 17.6 Å². The van der Waals surface area contributed by atoms with Crippen molar-refractivity contribution in [2.45, 2.75) is 13.0 Å². The maximum Gasteiger partial charge on any atom is 0.261 e. The number of morpholine rings is 1. The highest BCUT2D eigenvalue weighted by Gasteiger charge is 2.16. The fourth-order valence-electron chi connectivity index (χ4n) is 2.74. The van der Waals surface area contributed by atoms with Crippen molar-refractivity contribution in [1.82, 2.24) is 16.0 Å². The molecule has 1 aromatic carbocycles. The summed E-state index contributed by atoms with van der Waals surface area (Å²) in [7, 11) is 0. The number of thiophene rings is 1. The summed E-state index contributed by atoms with van der Waals surface area (Å²) >= 11 is 1.42. The minimum absolute atomic E-state index is 0.00724. The van der Waals surface area contributed by atoms with Crippen molar-refractivity contribution in [2.24, 2.45) is 0 Å². The van der Waals surface area contributed by atoms with Crippen molar-refractivity contribution in [2.75, 3.05) is 32.8 Å². The topological polar surface area (TPSA) is 79.5 Å². The van der Waals surface area contributed by atoms with Crippen molar-refractivity contribution < 1.29 is 14.3 Å². The molecule has 7 heteroatoms. The van der Waals surface area contributed by atoms with Crippen molar-refractivity contribution >= 4 is 23.2 Å². The molecular weight excluding hydrogens is 350 g/mol. The first-order valence-electron chi connectivity index (χ1n) is 8.76. The highest BCUT2D eigenvalue weighted by atomic mass is 32.1. The minimum atomic E-state index is -0.124. The lowest BCUT2D eigenvalue weighted by molar-refractivity contribution is 0.0287. The summed E-state index contributed by atoms with van der Waals surface area (Å²) in [5.74, 6) is -0.194. The van der Waals surface area contributed by atoms with Crippen LogP contribution in [-0.4, -0.2) is 50.7 Å². The SMILES string of the molecule is CCNC(=O)c1ccc(-c2cccc(C(=O)NCC3CNCCO3)c2)s1. The van der Waals surface area contributed by atoms with Crippen LogP contribution in [0, 0.1) is 0 Å². The Balaban J connectivity index is 1.65. The maximum atomic E-state index is 12.4. The van der Waals surface area contributed by atoms with Crippen LogP contribution < -0.4 is 16.0 Å². The Morgan fingerprint density at radius 2 is 2.12 bits per heavy atom. The van der Waals surface area contributed by atoms with Crippen LogP contribution in [0.3, 0.4) is 0 Å². The summed E-state index contributed by atoms with van der Waals surface area (Å²) in [5, 5.41) is 8.96. The second-order valence-electron chi connectivity index (χ2n) is 6.01. The van der Waals surface area contributed by atoms with E-state index in [9.17, 15) is 9.59 Å². The molecule has 0 aliphatic carbocycles. The van der Waals surface area contributed by atoms with Crippen LogP contribution in [0.4, 0.5) is 0 Å². The first-order chi connectivity index (χ1) is 12.7. The van der Waals surface area contributed by atoms with Crippen LogP contribution in [0.25, 0.3) is 10.4 Å². The Morgan fingerprint density at radius 3 is 2.88 bits per heavy atom. The quantitative estimate of drug-likeness (QED) is 0.722. The van der Waals surface area contributed by atoms with Crippen molar-refractivity contribution in [3.63, 3.8) is 0 Å². The molecule has 138 valence electrons. The van der Waals surface area contributed by atoms with E-state index in [2.05, 4.69) is 16.0 Å². The summed E-state index contributed by atoms with van der Waals surface area (Å²) in [6.45, 7) is 5.24. The van der Waals surface area contributed by atoms with Gasteiger partial charge in [-0.3, -0.25) is 9.59 Å².